The molecular weight excluding hydrogens is 425 g/mol. The standard InChI is InChI=1S/C22H21F3N4O3/c23-22(24,25)17-3-1-4-18(13-17)28-20(30)14-32-19-7-5-16(6-8-19)21(31)27-9-2-11-29-12-10-26-15-29/h1,3-8,10,12-13,15H,2,9,11,14H2,(H,27,31)(H,28,30). The average molecular weight is 446 g/mol. The molecule has 0 saturated carbocycles. The molecule has 0 unspecified atom stereocenters. The van der Waals surface area contributed by atoms with E-state index in [0.29, 0.717) is 17.9 Å². The summed E-state index contributed by atoms with van der Waals surface area (Å²) < 4.78 is 45.5. The van der Waals surface area contributed by atoms with E-state index in [1.165, 1.54) is 24.3 Å². The van der Waals surface area contributed by atoms with Crippen LogP contribution >= 0.6 is 0 Å². The van der Waals surface area contributed by atoms with Gasteiger partial charge in [-0.2, -0.15) is 13.2 Å². The third-order valence-electron chi connectivity index (χ3n) is 4.40. The van der Waals surface area contributed by atoms with Crippen LogP contribution in [0.5, 0.6) is 5.75 Å². The Morgan fingerprint density at radius 3 is 2.56 bits per heavy atom. The smallest absolute Gasteiger partial charge is 0.416 e. The highest BCUT2D eigenvalue weighted by atomic mass is 19.4. The van der Waals surface area contributed by atoms with Crippen LogP contribution in [-0.2, 0) is 17.5 Å². The van der Waals surface area contributed by atoms with E-state index in [0.717, 1.165) is 25.1 Å². The highest BCUT2D eigenvalue weighted by molar-refractivity contribution is 5.94. The molecular formula is C22H21F3N4O3. The number of benzene rings is 2. The number of nitrogens with zero attached hydrogens (tertiary/aromatic N) is 2. The first-order chi connectivity index (χ1) is 15.3. The van der Waals surface area contributed by atoms with Crippen molar-refractivity contribution in [3.8, 4) is 5.75 Å². The van der Waals surface area contributed by atoms with E-state index < -0.39 is 24.3 Å². The molecule has 3 rings (SSSR count). The molecule has 0 aliphatic heterocycles. The Labute approximate surface area is 182 Å². The highest BCUT2D eigenvalue weighted by Crippen LogP contribution is 2.30. The third kappa shape index (κ3) is 6.86. The molecule has 1 heterocycles. The third-order valence-corrected chi connectivity index (χ3v) is 4.40. The first-order valence-electron chi connectivity index (χ1n) is 9.75. The van der Waals surface area contributed by atoms with Crippen LogP contribution in [0.2, 0.25) is 0 Å². The minimum absolute atomic E-state index is 0.0217. The summed E-state index contributed by atoms with van der Waals surface area (Å²) in [5.74, 6) is -0.491. The van der Waals surface area contributed by atoms with Crippen LogP contribution in [0.3, 0.4) is 0 Å². The van der Waals surface area contributed by atoms with Crippen LogP contribution in [0, 0.1) is 0 Å². The molecule has 32 heavy (non-hydrogen) atoms. The van der Waals surface area contributed by atoms with Gasteiger partial charge in [-0.25, -0.2) is 4.98 Å². The molecule has 2 aromatic carbocycles. The van der Waals surface area contributed by atoms with Crippen LogP contribution in [-0.4, -0.2) is 34.5 Å². The van der Waals surface area contributed by atoms with Gasteiger partial charge in [0.2, 0.25) is 0 Å². The Morgan fingerprint density at radius 1 is 1.09 bits per heavy atom. The number of amides is 2. The Hall–Kier alpha value is -3.82. The number of hydrogen-bond donors (Lipinski definition) is 2. The van der Waals surface area contributed by atoms with E-state index in [-0.39, 0.29) is 11.6 Å². The van der Waals surface area contributed by atoms with Crippen molar-refractivity contribution < 1.29 is 27.5 Å². The molecule has 2 N–H and O–H groups in total. The van der Waals surface area contributed by atoms with Gasteiger partial charge in [-0.1, -0.05) is 6.07 Å². The van der Waals surface area contributed by atoms with Gasteiger partial charge >= 0.3 is 6.18 Å². The minimum Gasteiger partial charge on any atom is -0.484 e. The number of hydrogen-bond acceptors (Lipinski definition) is 4. The number of aromatic nitrogens is 2. The van der Waals surface area contributed by atoms with E-state index in [1.54, 1.807) is 24.7 Å². The maximum Gasteiger partial charge on any atom is 0.416 e. The molecule has 10 heteroatoms. The number of carbonyl (C=O) groups excluding carboxylic acids is 2. The second kappa shape index (κ2) is 10.5. The molecule has 168 valence electrons. The van der Waals surface area contributed by atoms with Gasteiger partial charge < -0.3 is 19.9 Å². The summed E-state index contributed by atoms with van der Waals surface area (Å²) in [5.41, 5.74) is -0.395. The van der Waals surface area contributed by atoms with Crippen molar-refractivity contribution in [2.45, 2.75) is 19.1 Å². The quantitative estimate of drug-likeness (QED) is 0.491. The zero-order chi connectivity index (χ0) is 23.0. The lowest BCUT2D eigenvalue weighted by Gasteiger charge is -2.11. The predicted octanol–water partition coefficient (Wildman–Crippen LogP) is 3.74. The Balaban J connectivity index is 1.42. The van der Waals surface area contributed by atoms with E-state index in [2.05, 4.69) is 15.6 Å². The van der Waals surface area contributed by atoms with Gasteiger partial charge in [-0.05, 0) is 48.9 Å². The second-order valence-corrected chi connectivity index (χ2v) is 6.85. The fraction of sp³-hybridized carbons (Fsp3) is 0.227. The molecule has 1 aromatic heterocycles. The average Bonchev–Trinajstić information content (AvgIpc) is 3.29. The molecule has 0 aliphatic carbocycles. The molecule has 0 radical (unpaired) electrons. The number of rotatable bonds is 9. The molecule has 0 spiro atoms. The Kier molecular flexibility index (Phi) is 7.48. The zero-order valence-electron chi connectivity index (χ0n) is 16.9. The Morgan fingerprint density at radius 2 is 1.88 bits per heavy atom. The van der Waals surface area contributed by atoms with Crippen molar-refractivity contribution in [1.29, 1.82) is 0 Å². The number of halogens is 3. The van der Waals surface area contributed by atoms with Crippen molar-refractivity contribution in [3.63, 3.8) is 0 Å². The first-order valence-corrected chi connectivity index (χ1v) is 9.75. The normalized spacial score (nSPS) is 11.1. The second-order valence-electron chi connectivity index (χ2n) is 6.85. The van der Waals surface area contributed by atoms with Gasteiger partial charge in [0.05, 0.1) is 11.9 Å². The van der Waals surface area contributed by atoms with Crippen molar-refractivity contribution >= 4 is 17.5 Å². The summed E-state index contributed by atoms with van der Waals surface area (Å²) >= 11 is 0. The number of nitrogens with one attached hydrogen (secondary N) is 2. The molecule has 0 aliphatic rings. The van der Waals surface area contributed by atoms with Crippen LogP contribution in [0.25, 0.3) is 0 Å². The fourth-order valence-electron chi connectivity index (χ4n) is 2.81. The summed E-state index contributed by atoms with van der Waals surface area (Å²) in [4.78, 5) is 28.1. The predicted molar refractivity (Wildman–Crippen MR) is 111 cm³/mol. The van der Waals surface area contributed by atoms with Crippen molar-refractivity contribution in [1.82, 2.24) is 14.9 Å². The van der Waals surface area contributed by atoms with E-state index in [9.17, 15) is 22.8 Å². The van der Waals surface area contributed by atoms with E-state index in [4.69, 9.17) is 4.74 Å². The maximum absolute atomic E-state index is 12.7. The molecule has 7 nitrogen and oxygen atoms in total. The number of imidazole rings is 1. The molecule has 0 fully saturated rings. The van der Waals surface area contributed by atoms with Crippen LogP contribution < -0.4 is 15.4 Å². The zero-order valence-corrected chi connectivity index (χ0v) is 16.9. The summed E-state index contributed by atoms with van der Waals surface area (Å²) in [7, 11) is 0. The lowest BCUT2D eigenvalue weighted by Crippen LogP contribution is -2.25. The lowest BCUT2D eigenvalue weighted by molar-refractivity contribution is -0.137. The molecule has 0 saturated heterocycles. The van der Waals surface area contributed by atoms with Gasteiger partial charge in [0.15, 0.2) is 6.61 Å². The van der Waals surface area contributed by atoms with Gasteiger partial charge in [0, 0.05) is 36.7 Å². The van der Waals surface area contributed by atoms with Gasteiger partial charge in [-0.3, -0.25) is 9.59 Å². The number of aryl methyl sites for hydroxylation is 1. The summed E-state index contributed by atoms with van der Waals surface area (Å²) in [6, 6.07) is 10.5. The summed E-state index contributed by atoms with van der Waals surface area (Å²) in [6.07, 6.45) is 1.51. The molecule has 2 amide bonds. The minimum atomic E-state index is -4.49. The monoisotopic (exact) mass is 446 g/mol. The number of ether oxygens (including phenoxy) is 1. The van der Waals surface area contributed by atoms with Gasteiger partial charge in [0.25, 0.3) is 11.8 Å². The lowest BCUT2D eigenvalue weighted by atomic mass is 10.2. The van der Waals surface area contributed by atoms with Crippen molar-refractivity contribution in [2.24, 2.45) is 0 Å². The number of alkyl halides is 3. The van der Waals surface area contributed by atoms with Crippen molar-refractivity contribution in [2.75, 3.05) is 18.5 Å². The largest absolute Gasteiger partial charge is 0.484 e. The van der Waals surface area contributed by atoms with E-state index >= 15 is 0 Å². The Bertz CT molecular complexity index is 1040. The van der Waals surface area contributed by atoms with Crippen LogP contribution in [0.1, 0.15) is 22.3 Å². The fourth-order valence-corrected chi connectivity index (χ4v) is 2.81. The molecule has 0 atom stereocenters. The number of carbonyl (C=O) groups is 2. The first kappa shape index (κ1) is 22.9. The summed E-state index contributed by atoms with van der Waals surface area (Å²) in [6.45, 7) is 0.858. The topological polar surface area (TPSA) is 85.2 Å². The molecule has 3 aromatic rings. The summed E-state index contributed by atoms with van der Waals surface area (Å²) in [5, 5.41) is 5.18. The SMILES string of the molecule is O=C(COc1ccc(C(=O)NCCCn2ccnc2)cc1)Nc1cccc(C(F)(F)F)c1. The van der Waals surface area contributed by atoms with Crippen LogP contribution in [0.15, 0.2) is 67.3 Å². The van der Waals surface area contributed by atoms with Crippen LogP contribution in [0.4, 0.5) is 18.9 Å². The van der Waals surface area contributed by atoms with Gasteiger partial charge in [0.1, 0.15) is 5.75 Å². The van der Waals surface area contributed by atoms with Gasteiger partial charge in [-0.15, -0.1) is 0 Å². The highest BCUT2D eigenvalue weighted by Gasteiger charge is 2.30. The van der Waals surface area contributed by atoms with E-state index in [1.807, 2.05) is 10.8 Å². The maximum atomic E-state index is 12.7. The van der Waals surface area contributed by atoms with Crippen molar-refractivity contribution in [3.05, 3.63) is 78.4 Å². The number of anilines is 1. The molecule has 0 bridgehead atoms.